The van der Waals surface area contributed by atoms with Crippen molar-refractivity contribution in [2.24, 2.45) is 5.92 Å². The van der Waals surface area contributed by atoms with E-state index >= 15 is 0 Å². The van der Waals surface area contributed by atoms with E-state index in [2.05, 4.69) is 27.2 Å². The number of aromatic amines is 1. The first-order valence-electron chi connectivity index (χ1n) is 13.3. The van der Waals surface area contributed by atoms with Gasteiger partial charge in [0.15, 0.2) is 0 Å². The minimum Gasteiger partial charge on any atom is -0.339 e. The molecule has 3 aliphatic rings. The number of carbonyl (C=O) groups is 1. The summed E-state index contributed by atoms with van der Waals surface area (Å²) in [6.07, 6.45) is 17.7. The number of hydrogen-bond acceptors (Lipinski definition) is 4. The second-order valence-corrected chi connectivity index (χ2v) is 10.6. The lowest BCUT2D eigenvalue weighted by Crippen LogP contribution is -2.40. The standard InChI is InChI=1S/C29H33N5O2/c1-19-8-9-26-24(27-25(28(35)32-26)18-31-34(27)22-6-2-3-7-22)16-23(19)29(36)33-13-10-20(11-14-33)15-21-5-4-12-30-17-21/h4-5,9,12,16-18,20,22H,2-3,6-8,10-11,13-15H2,1H3,(H,32,35). The van der Waals surface area contributed by atoms with Gasteiger partial charge in [-0.2, -0.15) is 5.10 Å². The minimum atomic E-state index is -0.110. The predicted octanol–water partition coefficient (Wildman–Crippen LogP) is 3.00. The van der Waals surface area contributed by atoms with E-state index in [9.17, 15) is 9.59 Å². The zero-order chi connectivity index (χ0) is 24.6. The molecule has 36 heavy (non-hydrogen) atoms. The van der Waals surface area contributed by atoms with E-state index in [1.165, 1.54) is 18.4 Å². The highest BCUT2D eigenvalue weighted by atomic mass is 16.2. The maximum atomic E-state index is 13.8. The number of H-pyrrole nitrogens is 1. The van der Waals surface area contributed by atoms with Crippen molar-refractivity contribution in [3.05, 3.63) is 68.4 Å². The van der Waals surface area contributed by atoms with Gasteiger partial charge < -0.3 is 9.88 Å². The van der Waals surface area contributed by atoms with E-state index in [1.54, 1.807) is 6.20 Å². The van der Waals surface area contributed by atoms with Crippen LogP contribution in [0.2, 0.25) is 0 Å². The summed E-state index contributed by atoms with van der Waals surface area (Å²) >= 11 is 0. The molecule has 7 nitrogen and oxygen atoms in total. The molecule has 2 aliphatic carbocycles. The van der Waals surface area contributed by atoms with E-state index in [0.29, 0.717) is 23.8 Å². The van der Waals surface area contributed by atoms with Gasteiger partial charge in [-0.05, 0) is 69.1 Å². The highest BCUT2D eigenvalue weighted by Gasteiger charge is 2.27. The Morgan fingerprint density at radius 2 is 1.94 bits per heavy atom. The molecule has 1 amide bonds. The zero-order valence-electron chi connectivity index (χ0n) is 20.9. The molecular weight excluding hydrogens is 450 g/mol. The number of rotatable bonds is 4. The quantitative estimate of drug-likeness (QED) is 0.618. The number of nitrogens with zero attached hydrogens (tertiary/aromatic N) is 4. The molecule has 1 saturated carbocycles. The summed E-state index contributed by atoms with van der Waals surface area (Å²) in [4.78, 5) is 36.0. The summed E-state index contributed by atoms with van der Waals surface area (Å²) in [5, 5.41) is 6.96. The Hall–Kier alpha value is -3.48. The van der Waals surface area contributed by atoms with Crippen LogP contribution in [0.4, 0.5) is 0 Å². The van der Waals surface area contributed by atoms with Crippen molar-refractivity contribution in [3.63, 3.8) is 0 Å². The number of hydrogen-bond donors (Lipinski definition) is 1. The lowest BCUT2D eigenvalue weighted by Gasteiger charge is -2.32. The Bertz CT molecular complexity index is 1500. The number of carbonyl (C=O) groups excluding carboxylic acids is 1. The number of piperidine rings is 1. The summed E-state index contributed by atoms with van der Waals surface area (Å²) in [5.74, 6) is 0.672. The highest BCUT2D eigenvalue weighted by Crippen LogP contribution is 2.30. The third-order valence-electron chi connectivity index (χ3n) is 8.24. The number of fused-ring (bicyclic) bond motifs is 3. The van der Waals surface area contributed by atoms with Crippen molar-refractivity contribution in [2.75, 3.05) is 13.1 Å². The van der Waals surface area contributed by atoms with E-state index in [-0.39, 0.29) is 11.5 Å². The van der Waals surface area contributed by atoms with Crippen LogP contribution >= 0.6 is 0 Å². The van der Waals surface area contributed by atoms with Crippen molar-refractivity contribution >= 4 is 29.0 Å². The fourth-order valence-corrected chi connectivity index (χ4v) is 6.15. The number of amides is 1. The van der Waals surface area contributed by atoms with Crippen LogP contribution in [0.3, 0.4) is 0 Å². The molecule has 0 spiro atoms. The first kappa shape index (κ1) is 23.0. The van der Waals surface area contributed by atoms with Gasteiger partial charge >= 0.3 is 0 Å². The van der Waals surface area contributed by atoms with Crippen molar-refractivity contribution in [3.8, 4) is 0 Å². The first-order chi connectivity index (χ1) is 17.6. The van der Waals surface area contributed by atoms with E-state index < -0.39 is 0 Å². The van der Waals surface area contributed by atoms with Crippen LogP contribution < -0.4 is 16.1 Å². The molecule has 3 aromatic heterocycles. The number of allylic oxidation sites excluding steroid dienone is 1. The van der Waals surface area contributed by atoms with Crippen molar-refractivity contribution in [1.29, 1.82) is 0 Å². The molecule has 0 radical (unpaired) electrons. The van der Waals surface area contributed by atoms with Crippen molar-refractivity contribution in [2.45, 2.75) is 64.3 Å². The van der Waals surface area contributed by atoms with Crippen molar-refractivity contribution < 1.29 is 4.79 Å². The van der Waals surface area contributed by atoms with Gasteiger partial charge in [0.2, 0.25) is 0 Å². The average Bonchev–Trinajstić information content (AvgIpc) is 3.55. The number of likely N-dealkylation sites (tertiary alicyclic amines) is 1. The lowest BCUT2D eigenvalue weighted by molar-refractivity contribution is -0.128. The molecule has 0 atom stereocenters. The Labute approximate surface area is 210 Å². The summed E-state index contributed by atoms with van der Waals surface area (Å²) < 4.78 is 2.05. The van der Waals surface area contributed by atoms with Gasteiger partial charge in [0.1, 0.15) is 0 Å². The second kappa shape index (κ2) is 9.52. The SMILES string of the molecule is CC1=C(C(=O)N2CCC(Cc3cccnc3)CC2)C=c2c([nH]c(=O)c3cnn(C4CCCC4)c23)=CC1. The maximum absolute atomic E-state index is 13.8. The zero-order valence-corrected chi connectivity index (χ0v) is 20.9. The Morgan fingerprint density at radius 1 is 1.14 bits per heavy atom. The molecule has 4 heterocycles. The second-order valence-electron chi connectivity index (χ2n) is 10.6. The molecule has 1 N–H and O–H groups in total. The average molecular weight is 484 g/mol. The molecule has 2 fully saturated rings. The predicted molar refractivity (Wildman–Crippen MR) is 141 cm³/mol. The molecule has 0 unspecified atom stereocenters. The van der Waals surface area contributed by atoms with Gasteiger partial charge in [-0.1, -0.05) is 30.6 Å². The number of aromatic nitrogens is 4. The Kier molecular flexibility index (Phi) is 6.07. The van der Waals surface area contributed by atoms with Crippen LogP contribution in [-0.2, 0) is 11.2 Å². The molecule has 0 bridgehead atoms. The van der Waals surface area contributed by atoms with E-state index in [0.717, 1.165) is 72.4 Å². The smallest absolute Gasteiger partial charge is 0.259 e. The molecule has 1 saturated heterocycles. The number of nitrogens with one attached hydrogen (secondary N) is 1. The van der Waals surface area contributed by atoms with Crippen molar-refractivity contribution in [1.82, 2.24) is 24.6 Å². The fraction of sp³-hybridized carbons (Fsp3) is 0.448. The van der Waals surface area contributed by atoms with Gasteiger partial charge in [-0.25, -0.2) is 0 Å². The Morgan fingerprint density at radius 3 is 2.69 bits per heavy atom. The summed E-state index contributed by atoms with van der Waals surface area (Å²) in [6.45, 7) is 3.57. The Balaban J connectivity index is 1.31. The van der Waals surface area contributed by atoms with Gasteiger partial charge in [-0.15, -0.1) is 0 Å². The summed E-state index contributed by atoms with van der Waals surface area (Å²) in [5.41, 5.74) is 3.81. The maximum Gasteiger partial charge on any atom is 0.259 e. The van der Waals surface area contributed by atoms with Crippen LogP contribution in [0.5, 0.6) is 0 Å². The van der Waals surface area contributed by atoms with E-state index in [1.807, 2.05) is 41.0 Å². The molecule has 1 aliphatic heterocycles. The molecule has 3 aromatic rings. The van der Waals surface area contributed by atoms with Gasteiger partial charge in [-0.3, -0.25) is 19.3 Å². The third-order valence-corrected chi connectivity index (χ3v) is 8.24. The third kappa shape index (κ3) is 4.21. The largest absolute Gasteiger partial charge is 0.339 e. The summed E-state index contributed by atoms with van der Waals surface area (Å²) in [7, 11) is 0. The van der Waals surface area contributed by atoms with Crippen LogP contribution in [0, 0.1) is 5.92 Å². The molecule has 7 heteroatoms. The molecule has 186 valence electrons. The van der Waals surface area contributed by atoms with Crippen LogP contribution in [-0.4, -0.2) is 43.6 Å². The van der Waals surface area contributed by atoms with Gasteiger partial charge in [0, 0.05) is 41.6 Å². The van der Waals surface area contributed by atoms with E-state index in [4.69, 9.17) is 0 Å². The topological polar surface area (TPSA) is 83.9 Å². The minimum absolute atomic E-state index is 0.0971. The number of pyridine rings is 2. The van der Waals surface area contributed by atoms with Gasteiger partial charge in [0.25, 0.3) is 11.5 Å². The molecule has 6 rings (SSSR count). The highest BCUT2D eigenvalue weighted by molar-refractivity contribution is 6.03. The molecular formula is C29H33N5O2. The normalized spacial score (nSPS) is 19.2. The summed E-state index contributed by atoms with van der Waals surface area (Å²) in [6, 6.07) is 4.44. The molecule has 0 aromatic carbocycles. The lowest BCUT2D eigenvalue weighted by atomic mass is 9.90. The van der Waals surface area contributed by atoms with Crippen LogP contribution in [0.15, 0.2) is 46.7 Å². The van der Waals surface area contributed by atoms with Gasteiger partial charge in [0.05, 0.1) is 23.1 Å². The fourth-order valence-electron chi connectivity index (χ4n) is 6.15. The first-order valence-corrected chi connectivity index (χ1v) is 13.3. The monoisotopic (exact) mass is 483 g/mol. The van der Waals surface area contributed by atoms with Crippen LogP contribution in [0.25, 0.3) is 23.1 Å². The van der Waals surface area contributed by atoms with Crippen LogP contribution in [0.1, 0.15) is 63.5 Å².